The van der Waals surface area contributed by atoms with Crippen LogP contribution in [0.15, 0.2) is 107 Å². The van der Waals surface area contributed by atoms with Crippen molar-refractivity contribution in [2.24, 2.45) is 10.3 Å². The highest BCUT2D eigenvalue weighted by molar-refractivity contribution is 7.61. The number of carbonyl (C=O) groups excluding carboxylic acids is 2. The van der Waals surface area contributed by atoms with E-state index in [0.717, 1.165) is 36.8 Å². The molecule has 0 spiro atoms. The first-order valence-corrected chi connectivity index (χ1v) is 19.9. The van der Waals surface area contributed by atoms with E-state index in [0.29, 0.717) is 36.1 Å². The second kappa shape index (κ2) is 20.6. The van der Waals surface area contributed by atoms with Gasteiger partial charge in [0.05, 0.1) is 6.61 Å². The number of nitrogens with zero attached hydrogens (tertiary/aromatic N) is 2. The van der Waals surface area contributed by atoms with E-state index in [1.807, 2.05) is 86.6 Å². The average Bonchev–Trinajstić information content (AvgIpc) is 3.19. The SMILES string of the molecule is CCOC(=O)[C@@H](NC(=O)c1ccc(C2CCC(N(Cc3ccccc3)C[C@H](O)COc3ccc(OCc4ccccc4)c(N=S(=O)=O)c3)CC2)cc1)C(C)C. The number of carbonyl (C=O) groups is 2. The Bertz CT molecular complexity index is 1960. The van der Waals surface area contributed by atoms with Crippen molar-refractivity contribution in [1.82, 2.24) is 10.2 Å². The van der Waals surface area contributed by atoms with E-state index in [4.69, 9.17) is 14.2 Å². The van der Waals surface area contributed by atoms with Gasteiger partial charge >= 0.3 is 16.5 Å². The minimum Gasteiger partial charge on any atom is -0.491 e. The molecule has 2 N–H and O–H groups in total. The van der Waals surface area contributed by atoms with Crippen molar-refractivity contribution in [3.8, 4) is 11.5 Å². The molecule has 5 rings (SSSR count). The van der Waals surface area contributed by atoms with E-state index in [-0.39, 0.29) is 43.4 Å². The Hall–Kier alpha value is -5.04. The summed E-state index contributed by atoms with van der Waals surface area (Å²) in [5, 5.41) is 14.1. The minimum atomic E-state index is -2.70. The number of esters is 1. The highest BCUT2D eigenvalue weighted by Gasteiger charge is 2.29. The normalized spacial score (nSPS) is 16.5. The molecule has 4 aromatic rings. The van der Waals surface area contributed by atoms with Crippen molar-refractivity contribution in [2.75, 3.05) is 19.8 Å². The lowest BCUT2D eigenvalue weighted by atomic mass is 9.81. The van der Waals surface area contributed by atoms with E-state index in [9.17, 15) is 23.1 Å². The highest BCUT2D eigenvalue weighted by atomic mass is 32.2. The van der Waals surface area contributed by atoms with Crippen LogP contribution in [0.25, 0.3) is 0 Å². The zero-order chi connectivity index (χ0) is 39.2. The third kappa shape index (κ3) is 12.5. The van der Waals surface area contributed by atoms with Crippen LogP contribution in [-0.2, 0) is 33.2 Å². The van der Waals surface area contributed by atoms with Gasteiger partial charge in [0.2, 0.25) is 0 Å². The van der Waals surface area contributed by atoms with E-state index >= 15 is 0 Å². The molecule has 1 fully saturated rings. The Morgan fingerprint density at radius 3 is 2.15 bits per heavy atom. The number of nitrogens with one attached hydrogen (secondary N) is 1. The fraction of sp³-hybridized carbons (Fsp3) is 0.395. The number of benzene rings is 4. The Kier molecular flexibility index (Phi) is 15.4. The van der Waals surface area contributed by atoms with Gasteiger partial charge in [0.15, 0.2) is 0 Å². The largest absolute Gasteiger partial charge is 0.491 e. The minimum absolute atomic E-state index is 0.00237. The zero-order valence-corrected chi connectivity index (χ0v) is 32.5. The summed E-state index contributed by atoms with van der Waals surface area (Å²) < 4.78 is 43.6. The molecule has 2 atom stereocenters. The monoisotopic (exact) mass is 769 g/mol. The van der Waals surface area contributed by atoms with Crippen LogP contribution in [0.5, 0.6) is 11.5 Å². The number of aliphatic hydroxyl groups excluding tert-OH is 1. The predicted molar refractivity (Wildman–Crippen MR) is 211 cm³/mol. The van der Waals surface area contributed by atoms with Gasteiger partial charge in [0.25, 0.3) is 5.91 Å². The van der Waals surface area contributed by atoms with Crippen molar-refractivity contribution in [3.63, 3.8) is 0 Å². The van der Waals surface area contributed by atoms with Gasteiger partial charge in [-0.2, -0.15) is 8.42 Å². The summed E-state index contributed by atoms with van der Waals surface area (Å²) in [5.41, 5.74) is 3.87. The van der Waals surface area contributed by atoms with Gasteiger partial charge in [0.1, 0.15) is 42.5 Å². The third-order valence-corrected chi connectivity index (χ3v) is 10.2. The molecule has 1 aliphatic carbocycles. The van der Waals surface area contributed by atoms with E-state index < -0.39 is 28.6 Å². The van der Waals surface area contributed by atoms with Crippen molar-refractivity contribution >= 4 is 28.1 Å². The summed E-state index contributed by atoms with van der Waals surface area (Å²) in [6.45, 7) is 7.05. The smallest absolute Gasteiger partial charge is 0.328 e. The van der Waals surface area contributed by atoms with Crippen molar-refractivity contribution in [3.05, 3.63) is 125 Å². The zero-order valence-electron chi connectivity index (χ0n) is 31.7. The molecular weight excluding hydrogens is 719 g/mol. The van der Waals surface area contributed by atoms with Gasteiger partial charge in [-0.05, 0) is 85.4 Å². The van der Waals surface area contributed by atoms with Crippen LogP contribution in [0, 0.1) is 5.92 Å². The summed E-state index contributed by atoms with van der Waals surface area (Å²) >= 11 is 0. The molecule has 1 amide bonds. The average molecular weight is 770 g/mol. The second-order valence-electron chi connectivity index (χ2n) is 14.2. The van der Waals surface area contributed by atoms with Crippen molar-refractivity contribution < 1.29 is 37.3 Å². The predicted octanol–water partition coefficient (Wildman–Crippen LogP) is 7.25. The van der Waals surface area contributed by atoms with Crippen LogP contribution >= 0.6 is 0 Å². The van der Waals surface area contributed by atoms with E-state index in [2.05, 4.69) is 26.7 Å². The summed E-state index contributed by atoms with van der Waals surface area (Å²) in [6, 6.07) is 31.7. The molecule has 11 nitrogen and oxygen atoms in total. The fourth-order valence-corrected chi connectivity index (χ4v) is 7.21. The fourth-order valence-electron chi connectivity index (χ4n) is 6.91. The molecule has 0 unspecified atom stereocenters. The first-order valence-electron chi connectivity index (χ1n) is 18.9. The van der Waals surface area contributed by atoms with Crippen LogP contribution in [0.2, 0.25) is 0 Å². The van der Waals surface area contributed by atoms with Gasteiger partial charge in [-0.1, -0.05) is 86.6 Å². The molecule has 0 radical (unpaired) electrons. The summed E-state index contributed by atoms with van der Waals surface area (Å²) in [4.78, 5) is 27.7. The first-order chi connectivity index (χ1) is 26.6. The van der Waals surface area contributed by atoms with Gasteiger partial charge in [-0.15, -0.1) is 4.36 Å². The van der Waals surface area contributed by atoms with Crippen molar-refractivity contribution in [1.29, 1.82) is 0 Å². The molecule has 0 aliphatic heterocycles. The molecule has 0 saturated heterocycles. The maximum absolute atomic E-state index is 13.0. The lowest BCUT2D eigenvalue weighted by molar-refractivity contribution is -0.146. The summed E-state index contributed by atoms with van der Waals surface area (Å²) in [5.74, 6) is 0.166. The van der Waals surface area contributed by atoms with Crippen molar-refractivity contribution in [2.45, 2.75) is 83.7 Å². The van der Waals surface area contributed by atoms with Crippen LogP contribution < -0.4 is 14.8 Å². The molecular formula is C43H51N3O8S. The van der Waals surface area contributed by atoms with Crippen LogP contribution in [-0.4, -0.2) is 68.2 Å². The first kappa shape index (κ1) is 41.1. The standard InChI is InChI=1S/C43H51N3O8S/c1-4-52-43(49)41(30(2)3)44-42(48)35-17-15-33(16-18-35)34-19-21-36(22-20-34)46(26-31-11-7-5-8-12-31)27-37(47)29-53-38-23-24-40(39(25-38)45-55(50)51)54-28-32-13-9-6-10-14-32/h5-18,23-25,30,34,36-37,41,47H,4,19-22,26-29H2,1-3H3,(H,44,48)/t34?,36?,37-,41-/m0/s1. The number of amides is 1. The maximum atomic E-state index is 13.0. The third-order valence-electron chi connectivity index (χ3n) is 9.81. The quantitative estimate of drug-likeness (QED) is 0.100. The number of ether oxygens (including phenoxy) is 3. The number of hydrogen-bond donors (Lipinski definition) is 2. The Labute approximate surface area is 325 Å². The van der Waals surface area contributed by atoms with Gasteiger partial charge in [-0.3, -0.25) is 9.69 Å². The summed E-state index contributed by atoms with van der Waals surface area (Å²) in [7, 11) is -2.70. The summed E-state index contributed by atoms with van der Waals surface area (Å²) in [6.07, 6.45) is 2.97. The maximum Gasteiger partial charge on any atom is 0.328 e. The topological polar surface area (TPSA) is 144 Å². The number of hydrogen-bond acceptors (Lipinski definition) is 10. The van der Waals surface area contributed by atoms with Crippen LogP contribution in [0.3, 0.4) is 0 Å². The lowest BCUT2D eigenvalue weighted by Gasteiger charge is -2.38. The molecule has 4 aromatic carbocycles. The molecule has 55 heavy (non-hydrogen) atoms. The van der Waals surface area contributed by atoms with Crippen LogP contribution in [0.1, 0.15) is 79.4 Å². The highest BCUT2D eigenvalue weighted by Crippen LogP contribution is 2.36. The van der Waals surface area contributed by atoms with Gasteiger partial charge < -0.3 is 24.6 Å². The molecule has 292 valence electrons. The Morgan fingerprint density at radius 1 is 0.873 bits per heavy atom. The Balaban J connectivity index is 1.18. The Morgan fingerprint density at radius 2 is 1.53 bits per heavy atom. The molecule has 12 heteroatoms. The molecule has 0 aromatic heterocycles. The molecule has 1 aliphatic rings. The van der Waals surface area contributed by atoms with E-state index in [1.54, 1.807) is 19.1 Å². The number of aliphatic hydroxyl groups is 1. The van der Waals surface area contributed by atoms with Gasteiger partial charge in [0, 0.05) is 30.8 Å². The van der Waals surface area contributed by atoms with Gasteiger partial charge in [-0.25, -0.2) is 4.79 Å². The van der Waals surface area contributed by atoms with E-state index in [1.165, 1.54) is 11.6 Å². The van der Waals surface area contributed by atoms with Crippen LogP contribution in [0.4, 0.5) is 5.69 Å². The molecule has 0 bridgehead atoms. The molecule has 1 saturated carbocycles. The number of rotatable bonds is 18. The second-order valence-corrected chi connectivity index (χ2v) is 14.8. The lowest BCUT2D eigenvalue weighted by Crippen LogP contribution is -2.45. The molecule has 0 heterocycles.